The summed E-state index contributed by atoms with van der Waals surface area (Å²) in [5, 5.41) is 11.5. The molecular weight excluding hydrogens is 286 g/mol. The Balaban J connectivity index is 3.33. The molecule has 1 unspecified atom stereocenters. The van der Waals surface area contributed by atoms with Gasteiger partial charge < -0.3 is 14.7 Å². The van der Waals surface area contributed by atoms with Crippen LogP contribution in [0.5, 0.6) is 0 Å². The minimum atomic E-state index is -1.35. The van der Waals surface area contributed by atoms with Crippen LogP contribution in [0, 0.1) is 5.92 Å². The molecule has 0 saturated carbocycles. The van der Waals surface area contributed by atoms with Crippen LogP contribution < -0.4 is 0 Å². The van der Waals surface area contributed by atoms with Crippen molar-refractivity contribution in [3.63, 3.8) is 0 Å². The average molecular weight is 300 g/mol. The van der Waals surface area contributed by atoms with Crippen molar-refractivity contribution in [3.8, 4) is 0 Å². The van der Waals surface area contributed by atoms with Crippen LogP contribution in [0.1, 0.15) is 11.5 Å². The standard InChI is InChI=1S/C13H14ClNO5/c1-19-12(16)10(13(17)20-2)9(11(14)15-18)8-6-4-3-5-7-8/h3-7,9-10,18H,1-2H3/b15-11-. The zero-order valence-corrected chi connectivity index (χ0v) is 11.7. The van der Waals surface area contributed by atoms with E-state index in [1.807, 2.05) is 0 Å². The van der Waals surface area contributed by atoms with E-state index in [0.29, 0.717) is 5.56 Å². The molecule has 1 atom stereocenters. The summed E-state index contributed by atoms with van der Waals surface area (Å²) in [6.07, 6.45) is 0. The minimum absolute atomic E-state index is 0.308. The van der Waals surface area contributed by atoms with Crippen LogP contribution >= 0.6 is 11.6 Å². The molecule has 1 rings (SSSR count). The summed E-state index contributed by atoms with van der Waals surface area (Å²) < 4.78 is 9.19. The molecule has 0 radical (unpaired) electrons. The molecule has 1 N–H and O–H groups in total. The zero-order chi connectivity index (χ0) is 15.1. The first kappa shape index (κ1) is 16.0. The van der Waals surface area contributed by atoms with Crippen molar-refractivity contribution in [1.29, 1.82) is 0 Å². The molecule has 1 aromatic carbocycles. The summed E-state index contributed by atoms with van der Waals surface area (Å²) in [7, 11) is 2.29. The molecule has 0 amide bonds. The molecule has 108 valence electrons. The first-order valence-electron chi connectivity index (χ1n) is 5.64. The zero-order valence-electron chi connectivity index (χ0n) is 10.9. The Morgan fingerprint density at radius 3 is 2.05 bits per heavy atom. The normalized spacial score (nSPS) is 12.9. The number of halogens is 1. The summed E-state index contributed by atoms with van der Waals surface area (Å²) in [6, 6.07) is 8.47. The fourth-order valence-corrected chi connectivity index (χ4v) is 2.06. The second-order valence-electron chi connectivity index (χ2n) is 3.84. The third kappa shape index (κ3) is 3.48. The molecule has 0 aliphatic carbocycles. The van der Waals surface area contributed by atoms with Crippen LogP contribution in [0.4, 0.5) is 0 Å². The van der Waals surface area contributed by atoms with Crippen LogP contribution in [0.15, 0.2) is 35.5 Å². The van der Waals surface area contributed by atoms with E-state index in [9.17, 15) is 9.59 Å². The molecule has 0 fully saturated rings. The maximum absolute atomic E-state index is 11.8. The van der Waals surface area contributed by atoms with Gasteiger partial charge in [-0.05, 0) is 5.56 Å². The van der Waals surface area contributed by atoms with Crippen LogP contribution in [-0.2, 0) is 19.1 Å². The SMILES string of the molecule is COC(=O)C(C(=O)OC)C(/C(Cl)=N/O)c1ccccc1. The van der Waals surface area contributed by atoms with Crippen molar-refractivity contribution in [1.82, 2.24) is 0 Å². The quantitative estimate of drug-likeness (QED) is 0.294. The summed E-state index contributed by atoms with van der Waals surface area (Å²) in [6.45, 7) is 0. The highest BCUT2D eigenvalue weighted by molar-refractivity contribution is 6.66. The predicted molar refractivity (Wildman–Crippen MR) is 71.8 cm³/mol. The van der Waals surface area contributed by atoms with Crippen LogP contribution in [0.3, 0.4) is 0 Å². The molecule has 6 nitrogen and oxygen atoms in total. The molecule has 0 saturated heterocycles. The first-order chi connectivity index (χ1) is 9.56. The summed E-state index contributed by atoms with van der Waals surface area (Å²) in [5.41, 5.74) is 0.524. The van der Waals surface area contributed by atoms with Crippen molar-refractivity contribution in [3.05, 3.63) is 35.9 Å². The van der Waals surface area contributed by atoms with Gasteiger partial charge in [0.05, 0.1) is 20.1 Å². The van der Waals surface area contributed by atoms with Crippen LogP contribution in [-0.4, -0.2) is 36.5 Å². The van der Waals surface area contributed by atoms with Gasteiger partial charge >= 0.3 is 11.9 Å². The highest BCUT2D eigenvalue weighted by Crippen LogP contribution is 2.30. The maximum atomic E-state index is 11.8. The summed E-state index contributed by atoms with van der Waals surface area (Å²) in [5.74, 6) is -3.99. The molecule has 0 heterocycles. The third-order valence-electron chi connectivity index (χ3n) is 2.75. The fraction of sp³-hybridized carbons (Fsp3) is 0.308. The van der Waals surface area contributed by atoms with Crippen LogP contribution in [0.25, 0.3) is 0 Å². The number of benzene rings is 1. The van der Waals surface area contributed by atoms with Crippen LogP contribution in [0.2, 0.25) is 0 Å². The lowest BCUT2D eigenvalue weighted by Gasteiger charge is -2.21. The molecule has 0 aromatic heterocycles. The van der Waals surface area contributed by atoms with Gasteiger partial charge in [-0.2, -0.15) is 0 Å². The lowest BCUT2D eigenvalue weighted by molar-refractivity contribution is -0.159. The Hall–Kier alpha value is -2.08. The van der Waals surface area contributed by atoms with Gasteiger partial charge in [0.2, 0.25) is 0 Å². The number of carbonyl (C=O) groups is 2. The van der Waals surface area contributed by atoms with Crippen molar-refractivity contribution in [2.75, 3.05) is 14.2 Å². The molecule has 1 aromatic rings. The number of esters is 2. The minimum Gasteiger partial charge on any atom is -0.468 e. The highest BCUT2D eigenvalue weighted by atomic mass is 35.5. The van der Waals surface area contributed by atoms with E-state index in [1.54, 1.807) is 30.3 Å². The molecule has 0 bridgehead atoms. The number of ether oxygens (including phenoxy) is 2. The average Bonchev–Trinajstić information content (AvgIpc) is 2.51. The summed E-state index contributed by atoms with van der Waals surface area (Å²) >= 11 is 5.85. The highest BCUT2D eigenvalue weighted by Gasteiger charge is 2.40. The van der Waals surface area contributed by atoms with E-state index < -0.39 is 23.8 Å². The lowest BCUT2D eigenvalue weighted by atomic mass is 9.86. The van der Waals surface area contributed by atoms with Gasteiger partial charge in [-0.25, -0.2) is 0 Å². The molecule has 20 heavy (non-hydrogen) atoms. The van der Waals surface area contributed by atoms with Gasteiger partial charge in [0.1, 0.15) is 0 Å². The van der Waals surface area contributed by atoms with E-state index in [4.69, 9.17) is 16.8 Å². The molecule has 0 spiro atoms. The topological polar surface area (TPSA) is 85.2 Å². The molecular formula is C13H14ClNO5. The number of methoxy groups -OCH3 is 2. The van der Waals surface area contributed by atoms with Gasteiger partial charge in [0, 0.05) is 0 Å². The second kappa shape index (κ2) is 7.49. The van der Waals surface area contributed by atoms with E-state index in [1.165, 1.54) is 0 Å². The predicted octanol–water partition coefficient (Wildman–Crippen LogP) is 1.76. The fourth-order valence-electron chi connectivity index (χ4n) is 1.81. The number of carbonyl (C=O) groups excluding carboxylic acids is 2. The molecule has 0 aliphatic heterocycles. The van der Waals surface area contributed by atoms with Gasteiger partial charge in [-0.3, -0.25) is 9.59 Å². The lowest BCUT2D eigenvalue weighted by Crippen LogP contribution is -2.34. The van der Waals surface area contributed by atoms with Crippen molar-refractivity contribution in [2.24, 2.45) is 11.1 Å². The Morgan fingerprint density at radius 1 is 1.15 bits per heavy atom. The molecule has 7 heteroatoms. The number of hydrogen-bond donors (Lipinski definition) is 1. The van der Waals surface area contributed by atoms with E-state index in [2.05, 4.69) is 14.6 Å². The maximum Gasteiger partial charge on any atom is 0.321 e. The van der Waals surface area contributed by atoms with Crippen molar-refractivity contribution >= 4 is 28.7 Å². The monoisotopic (exact) mass is 299 g/mol. The van der Waals surface area contributed by atoms with E-state index >= 15 is 0 Å². The Morgan fingerprint density at radius 2 is 1.65 bits per heavy atom. The number of oxime groups is 1. The van der Waals surface area contributed by atoms with Crippen molar-refractivity contribution in [2.45, 2.75) is 5.92 Å². The largest absolute Gasteiger partial charge is 0.468 e. The van der Waals surface area contributed by atoms with Gasteiger partial charge in [-0.1, -0.05) is 47.1 Å². The van der Waals surface area contributed by atoms with E-state index in [0.717, 1.165) is 14.2 Å². The van der Waals surface area contributed by atoms with Gasteiger partial charge in [0.15, 0.2) is 11.1 Å². The van der Waals surface area contributed by atoms with Gasteiger partial charge in [0.25, 0.3) is 0 Å². The summed E-state index contributed by atoms with van der Waals surface area (Å²) in [4.78, 5) is 23.7. The third-order valence-corrected chi connectivity index (χ3v) is 3.07. The number of rotatable bonds is 5. The smallest absolute Gasteiger partial charge is 0.321 e. The first-order valence-corrected chi connectivity index (χ1v) is 6.02. The van der Waals surface area contributed by atoms with Gasteiger partial charge in [-0.15, -0.1) is 0 Å². The number of hydrogen-bond acceptors (Lipinski definition) is 6. The van der Waals surface area contributed by atoms with E-state index in [-0.39, 0.29) is 5.17 Å². The van der Waals surface area contributed by atoms with Crippen molar-refractivity contribution < 1.29 is 24.3 Å². The Labute approximate surface area is 120 Å². The Bertz CT molecular complexity index is 487. The number of nitrogens with zero attached hydrogens (tertiary/aromatic N) is 1. The second-order valence-corrected chi connectivity index (χ2v) is 4.22. The molecule has 0 aliphatic rings. The Kier molecular flexibility index (Phi) is 5.99.